The van der Waals surface area contributed by atoms with Gasteiger partial charge >= 0.3 is 23.9 Å². The number of aromatic amines is 4. The average molecular weight is 1130 g/mol. The van der Waals surface area contributed by atoms with E-state index in [4.69, 9.17) is 24.7 Å². The minimum absolute atomic E-state index is 0.0216. The number of hydrogen-bond donors (Lipinski definition) is 7. The van der Waals surface area contributed by atoms with Gasteiger partial charge in [-0.2, -0.15) is 0 Å². The lowest BCUT2D eigenvalue weighted by Gasteiger charge is -2.14. The molecule has 10 rings (SSSR count). The van der Waals surface area contributed by atoms with E-state index in [1.807, 2.05) is 65.8 Å². The number of carboxylic acid groups (broad SMARTS) is 3. The van der Waals surface area contributed by atoms with Crippen molar-refractivity contribution in [3.63, 3.8) is 0 Å². The number of aliphatic carboxylic acids is 3. The van der Waals surface area contributed by atoms with Crippen LogP contribution in [-0.4, -0.2) is 79.1 Å². The molecule has 4 aliphatic heterocycles. The van der Waals surface area contributed by atoms with Gasteiger partial charge in [-0.25, -0.2) is 19.9 Å². The molecule has 4 aliphatic rings. The molecule has 0 aromatic carbocycles. The molecule has 0 saturated heterocycles. The number of aromatic nitrogens is 8. The monoisotopic (exact) mass is 1130 g/mol. The molecule has 0 fully saturated rings. The lowest BCUT2D eigenvalue weighted by Crippen LogP contribution is -2.09. The van der Waals surface area contributed by atoms with E-state index in [1.54, 1.807) is 0 Å². The van der Waals surface area contributed by atoms with Crippen LogP contribution >= 0.6 is 0 Å². The molecule has 0 aliphatic carbocycles. The predicted octanol–water partition coefficient (Wildman–Crippen LogP) is 15.3. The summed E-state index contributed by atoms with van der Waals surface area (Å²) in [5.41, 5.74) is 27.5. The molecule has 84 heavy (non-hydrogen) atoms. The zero-order valence-electron chi connectivity index (χ0n) is 50.1. The van der Waals surface area contributed by atoms with Gasteiger partial charge in [0.05, 0.1) is 45.6 Å². The molecule has 6 aromatic rings. The van der Waals surface area contributed by atoms with Crippen LogP contribution in [0.5, 0.6) is 0 Å². The number of hydrogen-bond acceptors (Lipinski definition) is 9. The fraction of sp³-hybridized carbons (Fsp3) is 0.353. The van der Waals surface area contributed by atoms with E-state index in [2.05, 4.69) is 85.7 Å². The zero-order chi connectivity index (χ0) is 60.2. The van der Waals surface area contributed by atoms with Crippen molar-refractivity contribution in [2.45, 2.75) is 160 Å². The highest BCUT2D eigenvalue weighted by atomic mass is 16.5. The summed E-state index contributed by atoms with van der Waals surface area (Å²) in [5.74, 6) is -3.20. The highest BCUT2D eigenvalue weighted by Gasteiger charge is 2.27. The largest absolute Gasteiger partial charge is 0.481 e. The van der Waals surface area contributed by atoms with Crippen LogP contribution in [0.2, 0.25) is 0 Å². The molecule has 6 aromatic heterocycles. The van der Waals surface area contributed by atoms with Crippen molar-refractivity contribution in [2.75, 3.05) is 0 Å². The second-order valence-corrected chi connectivity index (χ2v) is 22.6. The Morgan fingerprint density at radius 1 is 0.393 bits per heavy atom. The Kier molecular flexibility index (Phi) is 16.2. The maximum Gasteiger partial charge on any atom is 0.306 e. The number of esters is 1. The Balaban J connectivity index is 1.08. The maximum absolute atomic E-state index is 14.5. The molecular weight excluding hydrogens is 1060 g/mol. The summed E-state index contributed by atoms with van der Waals surface area (Å²) < 4.78 is 6.47. The Hall–Kier alpha value is -8.92. The first-order chi connectivity index (χ1) is 40.1. The molecule has 1 atom stereocenters. The van der Waals surface area contributed by atoms with Crippen LogP contribution in [0.3, 0.4) is 0 Å². The fourth-order valence-corrected chi connectivity index (χ4v) is 12.8. The van der Waals surface area contributed by atoms with Gasteiger partial charge in [0.1, 0.15) is 6.10 Å². The van der Waals surface area contributed by atoms with Crippen molar-refractivity contribution in [1.29, 1.82) is 0 Å². The molecule has 7 N–H and O–H groups in total. The number of nitrogens with zero attached hydrogens (tertiary/aromatic N) is 4. The number of carbonyl (C=O) groups is 4. The number of carbonyl (C=O) groups excluding carboxylic acids is 1. The normalized spacial score (nSPS) is 13.9. The number of allylic oxidation sites excluding steroid dienone is 8. The number of aryl methyl sites for hydroxylation is 7. The van der Waals surface area contributed by atoms with Gasteiger partial charge < -0.3 is 40.0 Å². The Morgan fingerprint density at radius 3 is 1.02 bits per heavy atom. The molecule has 16 heteroatoms. The van der Waals surface area contributed by atoms with Gasteiger partial charge in [0.25, 0.3) is 0 Å². The summed E-state index contributed by atoms with van der Waals surface area (Å²) >= 11 is 0. The Morgan fingerprint density at radius 2 is 0.679 bits per heavy atom. The molecule has 10 heterocycles. The molecule has 16 nitrogen and oxygen atoms in total. The topological polar surface area (TPSA) is 253 Å². The third-order valence-electron chi connectivity index (χ3n) is 17.6. The van der Waals surface area contributed by atoms with Crippen molar-refractivity contribution >= 4 is 113 Å². The summed E-state index contributed by atoms with van der Waals surface area (Å²) in [6.07, 6.45) is 2.36. The quantitative estimate of drug-likeness (QED) is 0.0421. The third kappa shape index (κ3) is 11.1. The zero-order valence-corrected chi connectivity index (χ0v) is 50.1. The number of H-pyrrole nitrogens is 4. The molecule has 0 amide bonds. The molecular formula is C68H74N8O8. The van der Waals surface area contributed by atoms with Crippen molar-refractivity contribution in [1.82, 2.24) is 39.9 Å². The van der Waals surface area contributed by atoms with Gasteiger partial charge in [-0.3, -0.25) is 19.2 Å². The van der Waals surface area contributed by atoms with Crippen LogP contribution < -0.4 is 0 Å². The van der Waals surface area contributed by atoms with E-state index < -0.39 is 30.0 Å². The van der Waals surface area contributed by atoms with Gasteiger partial charge in [0, 0.05) is 75.4 Å². The highest BCUT2D eigenvalue weighted by molar-refractivity contribution is 5.99. The van der Waals surface area contributed by atoms with Gasteiger partial charge in [-0.15, -0.1) is 0 Å². The van der Waals surface area contributed by atoms with Crippen LogP contribution in [0.4, 0.5) is 0 Å². The van der Waals surface area contributed by atoms with E-state index >= 15 is 0 Å². The molecule has 1 unspecified atom stereocenters. The second kappa shape index (κ2) is 23.4. The molecule has 0 spiro atoms. The van der Waals surface area contributed by atoms with E-state index in [0.29, 0.717) is 46.1 Å². The summed E-state index contributed by atoms with van der Waals surface area (Å²) in [5, 5.41) is 29.5. The lowest BCUT2D eigenvalue weighted by atomic mass is 9.98. The first kappa shape index (κ1) is 58.3. The average Bonchev–Trinajstić information content (AvgIpc) is 3.60. The van der Waals surface area contributed by atoms with Gasteiger partial charge in [-0.1, -0.05) is 20.8 Å². The minimum atomic E-state index is -0.948. The second-order valence-electron chi connectivity index (χ2n) is 22.6. The number of carboxylic acids is 3. The van der Waals surface area contributed by atoms with E-state index in [0.717, 1.165) is 147 Å². The summed E-state index contributed by atoms with van der Waals surface area (Å²) in [6, 6.07) is 16.1. The molecule has 16 bridgehead atoms. The highest BCUT2D eigenvalue weighted by Crippen LogP contribution is 2.42. The van der Waals surface area contributed by atoms with E-state index in [9.17, 15) is 34.5 Å². The van der Waals surface area contributed by atoms with Gasteiger partial charge in [0.2, 0.25) is 0 Å². The summed E-state index contributed by atoms with van der Waals surface area (Å²) in [6.45, 7) is 24.5. The van der Waals surface area contributed by atoms with Crippen molar-refractivity contribution < 1.29 is 39.2 Å². The number of nitrogens with one attached hydrogen (secondary N) is 4. The summed E-state index contributed by atoms with van der Waals surface area (Å²) in [4.78, 5) is 86.0. The van der Waals surface area contributed by atoms with Crippen molar-refractivity contribution in [2.24, 2.45) is 0 Å². The molecule has 434 valence electrons. The smallest absolute Gasteiger partial charge is 0.306 e. The van der Waals surface area contributed by atoms with Crippen LogP contribution in [-0.2, 0) is 43.2 Å². The van der Waals surface area contributed by atoms with Crippen molar-refractivity contribution in [3.05, 3.63) is 139 Å². The van der Waals surface area contributed by atoms with E-state index in [1.165, 1.54) is 11.1 Å². The number of rotatable bonds is 17. The van der Waals surface area contributed by atoms with Crippen LogP contribution in [0.15, 0.2) is 48.5 Å². The Labute approximate surface area is 488 Å². The Bertz CT molecular complexity index is 4300. The molecule has 0 saturated carbocycles. The van der Waals surface area contributed by atoms with Crippen molar-refractivity contribution in [3.8, 4) is 0 Å². The summed E-state index contributed by atoms with van der Waals surface area (Å²) in [7, 11) is 0. The fourth-order valence-electron chi connectivity index (χ4n) is 12.8. The number of fused-ring (bicyclic) bond motifs is 16. The standard InChI is InChI=1S/C68H74N8O8/c1-13-41-32(4)48-24-50-36(8)45(17-21-65(79)80)60(73-50)31-62-47(38(10)53(74-62)27-57-43(15-3)34(6)52(71-57)26-56(41)69-48)19-23-67(83)84-40(12)68-39(11)55-28-58-42(14-2)33(5)49(70-58)25-51-35(7)44(16-20-64(77)78)59(72-51)30-61-46(18-22-66(81)82)37(9)54(75-61)29-63(68)76-55/h24-31,40,69-71,76H,13-23H2,1-12H3,(H,77,78)(H,79,80)(H,81,82). The minimum Gasteiger partial charge on any atom is -0.481 e. The third-order valence-corrected chi connectivity index (χ3v) is 17.6. The first-order valence-electron chi connectivity index (χ1n) is 29.2. The number of ether oxygens (including phenoxy) is 1. The maximum atomic E-state index is 14.5. The van der Waals surface area contributed by atoms with Crippen LogP contribution in [0, 0.1) is 27.7 Å². The predicted molar refractivity (Wildman–Crippen MR) is 333 cm³/mol. The molecule has 0 radical (unpaired) electrons. The SMILES string of the molecule is CCc1c(C)c2cc3[nH]c(cc4nc(cc5nc(cc1[nH]2)C(C)=C5CCC(=O)OC(C)c1c(C)c2cc5[nH]c(cc6nc(cc7nc(cc1[nH]2)C(C)=C7CCC(=O)O)C(CCC(=O)O)=C6C)c(C)c5CC)C(CCC(=O)O)=C4C)c(C)c3CC. The lowest BCUT2D eigenvalue weighted by molar-refractivity contribution is -0.148. The van der Waals surface area contributed by atoms with Crippen LogP contribution in [0.25, 0.3) is 88.7 Å². The first-order valence-corrected chi connectivity index (χ1v) is 29.2. The van der Waals surface area contributed by atoms with E-state index in [-0.39, 0.29) is 44.9 Å². The van der Waals surface area contributed by atoms with Gasteiger partial charge in [-0.05, 0) is 239 Å². The van der Waals surface area contributed by atoms with Crippen LogP contribution in [0.1, 0.15) is 203 Å². The van der Waals surface area contributed by atoms with Gasteiger partial charge in [0.15, 0.2) is 0 Å².